The monoisotopic (exact) mass is 674 g/mol. The first-order valence-electron chi connectivity index (χ1n) is 14.9. The molecule has 6 nitrogen and oxygen atoms in total. The largest absolute Gasteiger partial charge is 2.00 e. The van der Waals surface area contributed by atoms with Crippen LogP contribution in [0.5, 0.6) is 11.5 Å². The predicted octanol–water partition coefficient (Wildman–Crippen LogP) is 6.47. The fraction of sp³-hybridized carbons (Fsp3) is 0.150. The van der Waals surface area contributed by atoms with Crippen LogP contribution in [0.3, 0.4) is 0 Å². The average molecular weight is 676 g/mol. The molecule has 0 heterocycles. The zero-order valence-electron chi connectivity index (χ0n) is 26.8. The molecule has 0 unspecified atom stereocenters. The Morgan fingerprint density at radius 1 is 0.468 bits per heavy atom. The second-order valence-corrected chi connectivity index (χ2v) is 12.4. The van der Waals surface area contributed by atoms with Gasteiger partial charge in [-0.05, 0) is 68.1 Å². The number of hydrogen-bond acceptors (Lipinski definition) is 6. The molecule has 0 aliphatic carbocycles. The van der Waals surface area contributed by atoms with Gasteiger partial charge < -0.3 is 30.0 Å². The molecule has 0 atom stereocenters. The van der Waals surface area contributed by atoms with Crippen LogP contribution in [0.4, 0.5) is 0 Å². The molecule has 7 heteroatoms. The maximum Gasteiger partial charge on any atom is 2.00 e. The van der Waals surface area contributed by atoms with Crippen LogP contribution in [0.2, 0.25) is 0 Å². The second-order valence-electron chi connectivity index (χ2n) is 12.4. The topological polar surface area (TPSA) is 121 Å². The Bertz CT molecular complexity index is 1920. The molecule has 0 aliphatic heterocycles. The van der Waals surface area contributed by atoms with E-state index in [2.05, 4.69) is 52.0 Å². The number of carboxylic acid groups (broad SMARTS) is 2. The van der Waals surface area contributed by atoms with Crippen LogP contribution in [0, 0.1) is 0 Å². The van der Waals surface area contributed by atoms with Gasteiger partial charge in [0.05, 0.1) is 11.9 Å². The molecule has 0 aliphatic rings. The fourth-order valence-electron chi connectivity index (χ4n) is 5.72. The van der Waals surface area contributed by atoms with Crippen molar-refractivity contribution in [2.24, 2.45) is 0 Å². The van der Waals surface area contributed by atoms with Crippen molar-refractivity contribution in [3.8, 4) is 11.5 Å². The molecule has 0 fully saturated rings. The van der Waals surface area contributed by atoms with Gasteiger partial charge in [-0.25, -0.2) is 0 Å². The van der Waals surface area contributed by atoms with Gasteiger partial charge in [-0.1, -0.05) is 125 Å². The van der Waals surface area contributed by atoms with E-state index in [1.807, 2.05) is 72.8 Å². The number of carboxylic acids is 2. The number of aromatic hydroxyl groups is 2. The van der Waals surface area contributed by atoms with Crippen molar-refractivity contribution in [2.75, 3.05) is 0 Å². The Morgan fingerprint density at radius 2 is 0.809 bits per heavy atom. The van der Waals surface area contributed by atoms with Crippen LogP contribution in [0.25, 0.3) is 21.5 Å². The van der Waals surface area contributed by atoms with Crippen LogP contribution in [0.1, 0.15) is 70.7 Å². The van der Waals surface area contributed by atoms with Crippen molar-refractivity contribution in [3.05, 3.63) is 155 Å². The number of carbonyl (C=O) groups excluding carboxylic acids is 2. The molecule has 0 spiro atoms. The third-order valence-electron chi connectivity index (χ3n) is 8.78. The molecule has 0 aromatic heterocycles. The van der Waals surface area contributed by atoms with Crippen LogP contribution in [-0.2, 0) is 30.3 Å². The van der Waals surface area contributed by atoms with Crippen molar-refractivity contribution >= 4 is 33.5 Å². The summed E-state index contributed by atoms with van der Waals surface area (Å²) in [5.74, 6) is -3.30. The minimum absolute atomic E-state index is 0. The standard InChI is InChI=1S/2C20H18O3.Zn/c2*1-20(2,15-6-4-3-5-7-15)16-9-8-13-12-18(21)17(19(22)23)11-14(13)10-16;/h2*3-12,21H,1-2H3,(H,22,23);/q;;+2/p-2. The van der Waals surface area contributed by atoms with Crippen molar-refractivity contribution < 1.29 is 49.5 Å². The van der Waals surface area contributed by atoms with E-state index in [1.54, 1.807) is 0 Å². The van der Waals surface area contributed by atoms with E-state index in [1.165, 1.54) is 35.4 Å². The Balaban J connectivity index is 0.000000208. The van der Waals surface area contributed by atoms with Gasteiger partial charge in [0.15, 0.2) is 0 Å². The first-order valence-corrected chi connectivity index (χ1v) is 14.9. The van der Waals surface area contributed by atoms with E-state index < -0.39 is 11.9 Å². The van der Waals surface area contributed by atoms with E-state index in [9.17, 15) is 30.0 Å². The van der Waals surface area contributed by atoms with Crippen molar-refractivity contribution in [2.45, 2.75) is 38.5 Å². The summed E-state index contributed by atoms with van der Waals surface area (Å²) in [4.78, 5) is 22.2. The Morgan fingerprint density at radius 3 is 1.13 bits per heavy atom. The minimum atomic E-state index is -1.38. The molecule has 6 aromatic carbocycles. The van der Waals surface area contributed by atoms with E-state index in [0.717, 1.165) is 32.7 Å². The van der Waals surface area contributed by atoms with E-state index >= 15 is 0 Å². The molecule has 232 valence electrons. The molecule has 0 saturated carbocycles. The summed E-state index contributed by atoms with van der Waals surface area (Å²) in [5, 5.41) is 44.8. The Kier molecular flexibility index (Phi) is 10.2. The summed E-state index contributed by atoms with van der Waals surface area (Å²) >= 11 is 0. The van der Waals surface area contributed by atoms with Crippen molar-refractivity contribution in [1.29, 1.82) is 0 Å². The number of benzene rings is 6. The smallest absolute Gasteiger partial charge is 0.545 e. The summed E-state index contributed by atoms with van der Waals surface area (Å²) in [6.07, 6.45) is 0. The van der Waals surface area contributed by atoms with Gasteiger partial charge in [0.2, 0.25) is 0 Å². The van der Waals surface area contributed by atoms with Crippen molar-refractivity contribution in [1.82, 2.24) is 0 Å². The zero-order chi connectivity index (χ0) is 33.2. The molecular formula is C40H34O6Zn. The van der Waals surface area contributed by atoms with Gasteiger partial charge in [0.25, 0.3) is 0 Å². The molecule has 0 bridgehead atoms. The third-order valence-corrected chi connectivity index (χ3v) is 8.78. The summed E-state index contributed by atoms with van der Waals surface area (Å²) in [6, 6.07) is 37.9. The number of hydrogen-bond donors (Lipinski definition) is 2. The van der Waals surface area contributed by atoms with Gasteiger partial charge >= 0.3 is 19.5 Å². The number of fused-ring (bicyclic) bond motifs is 2. The van der Waals surface area contributed by atoms with Gasteiger partial charge in [-0.3, -0.25) is 0 Å². The summed E-state index contributed by atoms with van der Waals surface area (Å²) in [6.45, 7) is 8.51. The number of carbonyl (C=O) groups is 2. The fourth-order valence-corrected chi connectivity index (χ4v) is 5.72. The van der Waals surface area contributed by atoms with Gasteiger partial charge in [0.1, 0.15) is 11.5 Å². The van der Waals surface area contributed by atoms with Crippen LogP contribution < -0.4 is 10.2 Å². The quantitative estimate of drug-likeness (QED) is 0.195. The van der Waals surface area contributed by atoms with Crippen LogP contribution in [0.15, 0.2) is 121 Å². The number of rotatable bonds is 6. The first-order chi connectivity index (χ1) is 21.8. The van der Waals surface area contributed by atoms with E-state index in [-0.39, 0.29) is 52.9 Å². The van der Waals surface area contributed by atoms with E-state index in [4.69, 9.17) is 0 Å². The number of aromatic carboxylic acids is 2. The Labute approximate surface area is 286 Å². The predicted molar refractivity (Wildman–Crippen MR) is 177 cm³/mol. The summed E-state index contributed by atoms with van der Waals surface area (Å²) in [5.41, 5.74) is 3.71. The molecular weight excluding hydrogens is 642 g/mol. The molecule has 0 amide bonds. The SMILES string of the molecule is CC(C)(c1ccccc1)c1ccc2cc(O)c(C(=O)[O-])cc2c1.CC(C)(c1ccccc1)c1ccc2cc(O)c(C(=O)[O-])cc2c1.[Zn+2]. The molecule has 0 saturated heterocycles. The van der Waals surface area contributed by atoms with Crippen LogP contribution >= 0.6 is 0 Å². The molecule has 0 radical (unpaired) electrons. The molecule has 47 heavy (non-hydrogen) atoms. The van der Waals surface area contributed by atoms with E-state index in [0.29, 0.717) is 0 Å². The number of phenols is 2. The van der Waals surface area contributed by atoms with Gasteiger partial charge in [-0.2, -0.15) is 0 Å². The average Bonchev–Trinajstić information content (AvgIpc) is 3.04. The minimum Gasteiger partial charge on any atom is -0.545 e. The molecule has 6 aromatic rings. The van der Waals surface area contributed by atoms with Gasteiger partial charge in [0, 0.05) is 22.0 Å². The van der Waals surface area contributed by atoms with Gasteiger partial charge in [-0.15, -0.1) is 0 Å². The van der Waals surface area contributed by atoms with Crippen LogP contribution in [-0.4, -0.2) is 22.2 Å². The molecule has 6 rings (SSSR count). The Hall–Kier alpha value is -5.00. The second kappa shape index (κ2) is 13.8. The maximum atomic E-state index is 11.1. The summed E-state index contributed by atoms with van der Waals surface area (Å²) in [7, 11) is 0. The maximum absolute atomic E-state index is 11.1. The molecule has 2 N–H and O–H groups in total. The van der Waals surface area contributed by atoms with Crippen molar-refractivity contribution in [3.63, 3.8) is 0 Å². The summed E-state index contributed by atoms with van der Waals surface area (Å²) < 4.78 is 0. The normalized spacial score (nSPS) is 11.3. The zero-order valence-corrected chi connectivity index (χ0v) is 29.7. The third kappa shape index (κ3) is 7.21. The first kappa shape index (κ1) is 34.9.